The van der Waals surface area contributed by atoms with Gasteiger partial charge in [-0.25, -0.2) is 0 Å². The van der Waals surface area contributed by atoms with E-state index in [-0.39, 0.29) is 6.04 Å². The average Bonchev–Trinajstić information content (AvgIpc) is 2.74. The summed E-state index contributed by atoms with van der Waals surface area (Å²) in [7, 11) is 1.69. The molecule has 1 aromatic rings. The van der Waals surface area contributed by atoms with Crippen molar-refractivity contribution in [3.8, 4) is 5.75 Å². The summed E-state index contributed by atoms with van der Waals surface area (Å²) in [6.07, 6.45) is 1.41. The summed E-state index contributed by atoms with van der Waals surface area (Å²) in [5.41, 5.74) is 7.18. The van der Waals surface area contributed by atoms with Crippen LogP contribution >= 0.6 is 11.8 Å². The van der Waals surface area contributed by atoms with E-state index in [2.05, 4.69) is 13.0 Å². The predicted octanol–water partition coefficient (Wildman–Crippen LogP) is 2.98. The van der Waals surface area contributed by atoms with Crippen LogP contribution in [0.4, 0.5) is 0 Å². The van der Waals surface area contributed by atoms with E-state index in [0.717, 1.165) is 24.3 Å². The first-order chi connectivity index (χ1) is 8.63. The Balaban J connectivity index is 2.26. The van der Waals surface area contributed by atoms with Crippen LogP contribution in [-0.4, -0.2) is 25.1 Å². The number of rotatable bonds is 4. The Morgan fingerprint density at radius 3 is 2.83 bits per heavy atom. The lowest BCUT2D eigenvalue weighted by Crippen LogP contribution is -2.15. The summed E-state index contributed by atoms with van der Waals surface area (Å²) in [5.74, 6) is 0.876. The van der Waals surface area contributed by atoms with Crippen LogP contribution in [0.1, 0.15) is 31.9 Å². The van der Waals surface area contributed by atoms with Gasteiger partial charge in [-0.3, -0.25) is 0 Å². The quantitative estimate of drug-likeness (QED) is 0.911. The molecule has 2 N–H and O–H groups in total. The normalized spacial score (nSPS) is 25.1. The fourth-order valence-corrected chi connectivity index (χ4v) is 3.66. The highest BCUT2D eigenvalue weighted by Gasteiger charge is 2.26. The lowest BCUT2D eigenvalue weighted by Gasteiger charge is -2.20. The Morgan fingerprint density at radius 2 is 2.28 bits per heavy atom. The molecule has 0 aromatic heterocycles. The van der Waals surface area contributed by atoms with Gasteiger partial charge in [-0.1, -0.05) is 6.07 Å². The van der Waals surface area contributed by atoms with Gasteiger partial charge in [0, 0.05) is 28.4 Å². The minimum Gasteiger partial charge on any atom is -0.496 e. The summed E-state index contributed by atoms with van der Waals surface area (Å²) in [6.45, 7) is 4.99. The number of hydrogen-bond donors (Lipinski definition) is 1. The lowest BCUT2D eigenvalue weighted by molar-refractivity contribution is 0.127. The van der Waals surface area contributed by atoms with E-state index >= 15 is 0 Å². The summed E-state index contributed by atoms with van der Waals surface area (Å²) in [6, 6.07) is 6.09. The van der Waals surface area contributed by atoms with Crippen molar-refractivity contribution < 1.29 is 9.47 Å². The van der Waals surface area contributed by atoms with Crippen molar-refractivity contribution in [2.75, 3.05) is 13.7 Å². The van der Waals surface area contributed by atoms with Gasteiger partial charge in [-0.05, 0) is 32.4 Å². The molecule has 3 unspecified atom stereocenters. The van der Waals surface area contributed by atoms with E-state index in [1.807, 2.05) is 30.8 Å². The highest BCUT2D eigenvalue weighted by molar-refractivity contribution is 8.00. The first-order valence-electron chi connectivity index (χ1n) is 6.34. The first kappa shape index (κ1) is 13.7. The third-order valence-corrected chi connectivity index (χ3v) is 4.82. The number of nitrogens with two attached hydrogens (primary N) is 1. The molecule has 4 heteroatoms. The molecular weight excluding hydrogens is 246 g/mol. The Labute approximate surface area is 113 Å². The van der Waals surface area contributed by atoms with Gasteiger partial charge < -0.3 is 15.2 Å². The summed E-state index contributed by atoms with van der Waals surface area (Å²) in [5, 5.41) is 0.509. The minimum absolute atomic E-state index is 0.0266. The molecule has 100 valence electrons. The Kier molecular flexibility index (Phi) is 4.54. The monoisotopic (exact) mass is 267 g/mol. The SMILES string of the molecule is COc1cccc(SC2CCOC2C)c1C(C)N. The molecule has 0 spiro atoms. The van der Waals surface area contributed by atoms with Crippen LogP contribution in [0.3, 0.4) is 0 Å². The van der Waals surface area contributed by atoms with Gasteiger partial charge in [0.1, 0.15) is 5.75 Å². The molecule has 3 nitrogen and oxygen atoms in total. The molecule has 1 heterocycles. The molecule has 1 aromatic carbocycles. The Hall–Kier alpha value is -0.710. The molecule has 1 aliphatic heterocycles. The highest BCUT2D eigenvalue weighted by atomic mass is 32.2. The van der Waals surface area contributed by atoms with Crippen molar-refractivity contribution in [3.05, 3.63) is 23.8 Å². The average molecular weight is 267 g/mol. The third kappa shape index (κ3) is 2.82. The van der Waals surface area contributed by atoms with Crippen LogP contribution in [0.15, 0.2) is 23.1 Å². The molecule has 2 rings (SSSR count). The smallest absolute Gasteiger partial charge is 0.124 e. The number of thioether (sulfide) groups is 1. The van der Waals surface area contributed by atoms with E-state index in [1.54, 1.807) is 7.11 Å². The van der Waals surface area contributed by atoms with E-state index in [4.69, 9.17) is 15.2 Å². The zero-order valence-electron chi connectivity index (χ0n) is 11.2. The maximum Gasteiger partial charge on any atom is 0.124 e. The number of methoxy groups -OCH3 is 1. The molecule has 0 saturated carbocycles. The van der Waals surface area contributed by atoms with E-state index in [0.29, 0.717) is 11.4 Å². The molecule has 1 aliphatic rings. The van der Waals surface area contributed by atoms with Gasteiger partial charge in [0.25, 0.3) is 0 Å². The van der Waals surface area contributed by atoms with Gasteiger partial charge >= 0.3 is 0 Å². The maximum absolute atomic E-state index is 6.08. The second-order valence-corrected chi connectivity index (χ2v) is 5.96. The van der Waals surface area contributed by atoms with E-state index < -0.39 is 0 Å². The second kappa shape index (κ2) is 5.95. The first-order valence-corrected chi connectivity index (χ1v) is 7.22. The van der Waals surface area contributed by atoms with Crippen LogP contribution in [-0.2, 0) is 4.74 Å². The van der Waals surface area contributed by atoms with Gasteiger partial charge in [-0.2, -0.15) is 0 Å². The van der Waals surface area contributed by atoms with Crippen molar-refractivity contribution in [3.63, 3.8) is 0 Å². The second-order valence-electron chi connectivity index (χ2n) is 4.68. The summed E-state index contributed by atoms with van der Waals surface area (Å²) >= 11 is 1.86. The third-order valence-electron chi connectivity index (χ3n) is 3.29. The van der Waals surface area contributed by atoms with Crippen LogP contribution < -0.4 is 10.5 Å². The molecule has 0 aliphatic carbocycles. The van der Waals surface area contributed by atoms with Crippen molar-refractivity contribution in [1.29, 1.82) is 0 Å². The largest absolute Gasteiger partial charge is 0.496 e. The van der Waals surface area contributed by atoms with Gasteiger partial charge in [0.15, 0.2) is 0 Å². The van der Waals surface area contributed by atoms with Crippen molar-refractivity contribution in [2.45, 2.75) is 42.6 Å². The molecule has 0 radical (unpaired) electrons. The lowest BCUT2D eigenvalue weighted by atomic mass is 10.1. The fraction of sp³-hybridized carbons (Fsp3) is 0.571. The van der Waals surface area contributed by atoms with Gasteiger partial charge in [0.2, 0.25) is 0 Å². The summed E-state index contributed by atoms with van der Waals surface area (Å²) < 4.78 is 11.0. The molecule has 0 amide bonds. The number of ether oxygens (including phenoxy) is 2. The predicted molar refractivity (Wildman–Crippen MR) is 75.3 cm³/mol. The standard InChI is InChI=1S/C14H21NO2S/c1-9(15)14-11(16-3)5-4-6-13(14)18-12-7-8-17-10(12)2/h4-6,9-10,12H,7-8,15H2,1-3H3. The van der Waals surface area contributed by atoms with Crippen LogP contribution in [0.2, 0.25) is 0 Å². The maximum atomic E-state index is 6.08. The van der Waals surface area contributed by atoms with Crippen molar-refractivity contribution >= 4 is 11.8 Å². The topological polar surface area (TPSA) is 44.5 Å². The van der Waals surface area contributed by atoms with Gasteiger partial charge in [0.05, 0.1) is 13.2 Å². The Bertz CT molecular complexity index is 409. The van der Waals surface area contributed by atoms with E-state index in [9.17, 15) is 0 Å². The molecule has 3 atom stereocenters. The number of hydrogen-bond acceptors (Lipinski definition) is 4. The molecule has 0 bridgehead atoms. The molecular formula is C14H21NO2S. The number of benzene rings is 1. The van der Waals surface area contributed by atoms with Crippen LogP contribution in [0, 0.1) is 0 Å². The highest BCUT2D eigenvalue weighted by Crippen LogP contribution is 2.39. The van der Waals surface area contributed by atoms with Crippen molar-refractivity contribution in [1.82, 2.24) is 0 Å². The molecule has 18 heavy (non-hydrogen) atoms. The van der Waals surface area contributed by atoms with Crippen molar-refractivity contribution in [2.24, 2.45) is 5.73 Å². The fourth-order valence-electron chi connectivity index (χ4n) is 2.28. The molecule has 1 saturated heterocycles. The summed E-state index contributed by atoms with van der Waals surface area (Å²) in [4.78, 5) is 1.21. The Morgan fingerprint density at radius 1 is 1.50 bits per heavy atom. The van der Waals surface area contributed by atoms with E-state index in [1.165, 1.54) is 4.90 Å². The minimum atomic E-state index is -0.0266. The van der Waals surface area contributed by atoms with Crippen LogP contribution in [0.5, 0.6) is 5.75 Å². The van der Waals surface area contributed by atoms with Crippen LogP contribution in [0.25, 0.3) is 0 Å². The van der Waals surface area contributed by atoms with Gasteiger partial charge in [-0.15, -0.1) is 11.8 Å². The zero-order chi connectivity index (χ0) is 13.1. The zero-order valence-corrected chi connectivity index (χ0v) is 12.0. The molecule has 1 fully saturated rings.